The van der Waals surface area contributed by atoms with Gasteiger partial charge in [0.1, 0.15) is 18.4 Å². The largest absolute Gasteiger partial charge is 0.494 e. The Morgan fingerprint density at radius 3 is 1.78 bits per heavy atom. The fourth-order valence-corrected chi connectivity index (χ4v) is 6.53. The summed E-state index contributed by atoms with van der Waals surface area (Å²) in [5.41, 5.74) is 3.86. The maximum Gasteiger partial charge on any atom is 0.329 e. The second-order valence-corrected chi connectivity index (χ2v) is 11.9. The van der Waals surface area contributed by atoms with E-state index in [4.69, 9.17) is 9.47 Å². The van der Waals surface area contributed by atoms with Crippen LogP contribution in [0.1, 0.15) is 48.9 Å². The summed E-state index contributed by atoms with van der Waals surface area (Å²) >= 11 is 1.54. The summed E-state index contributed by atoms with van der Waals surface area (Å²) in [7, 11) is 0. The highest BCUT2D eigenvalue weighted by atomic mass is 32.2. The van der Waals surface area contributed by atoms with Crippen LogP contribution in [0.4, 0.5) is 0 Å². The van der Waals surface area contributed by atoms with Gasteiger partial charge >= 0.3 is 11.9 Å². The van der Waals surface area contributed by atoms with Gasteiger partial charge in [0.15, 0.2) is 0 Å². The van der Waals surface area contributed by atoms with E-state index in [1.807, 2.05) is 85.8 Å². The third kappa shape index (κ3) is 8.99. The van der Waals surface area contributed by atoms with Crippen molar-refractivity contribution in [3.63, 3.8) is 0 Å². The van der Waals surface area contributed by atoms with E-state index in [0.29, 0.717) is 6.61 Å². The number of carboxylic acid groups (broad SMARTS) is 1. The van der Waals surface area contributed by atoms with Crippen LogP contribution in [0.25, 0.3) is 0 Å². The molecule has 0 saturated carbocycles. The van der Waals surface area contributed by atoms with Gasteiger partial charge in [-0.2, -0.15) is 0 Å². The average Bonchev–Trinajstić information content (AvgIpc) is 3.08. The summed E-state index contributed by atoms with van der Waals surface area (Å²) in [6, 6.07) is 36.6. The zero-order chi connectivity index (χ0) is 32.1. The number of carbonyl (C=O) groups is 3. The Morgan fingerprint density at radius 2 is 1.31 bits per heavy atom. The number of ether oxygens (including phenoxy) is 2. The molecular weight excluding hydrogens is 586 g/mol. The fourth-order valence-electron chi connectivity index (χ4n) is 4.99. The first-order valence-electron chi connectivity index (χ1n) is 15.0. The van der Waals surface area contributed by atoms with Gasteiger partial charge in [-0.15, -0.1) is 11.8 Å². The number of nitrogens with one attached hydrogen (secondary N) is 1. The van der Waals surface area contributed by atoms with Crippen LogP contribution in [0.2, 0.25) is 0 Å². The molecule has 7 nitrogen and oxygen atoms in total. The van der Waals surface area contributed by atoms with Crippen LogP contribution in [-0.4, -0.2) is 41.4 Å². The molecule has 0 radical (unpaired) electrons. The van der Waals surface area contributed by atoms with Gasteiger partial charge in [-0.3, -0.25) is 9.59 Å². The molecule has 0 aliphatic carbocycles. The minimum Gasteiger partial charge on any atom is -0.494 e. The Hall–Kier alpha value is -4.56. The van der Waals surface area contributed by atoms with E-state index < -0.39 is 34.6 Å². The van der Waals surface area contributed by atoms with E-state index in [0.717, 1.165) is 28.0 Å². The van der Waals surface area contributed by atoms with Crippen molar-refractivity contribution in [3.8, 4) is 5.75 Å². The highest BCUT2D eigenvalue weighted by Gasteiger charge is 2.39. The van der Waals surface area contributed by atoms with E-state index in [1.165, 1.54) is 11.8 Å². The van der Waals surface area contributed by atoms with Gasteiger partial charge in [-0.1, -0.05) is 110 Å². The number of aliphatic carboxylic acids is 1. The third-order valence-corrected chi connectivity index (χ3v) is 9.11. The number of hydrogen-bond acceptors (Lipinski definition) is 6. The van der Waals surface area contributed by atoms with Crippen LogP contribution in [0.5, 0.6) is 5.75 Å². The first-order valence-corrected chi connectivity index (χ1v) is 16.0. The van der Waals surface area contributed by atoms with Crippen LogP contribution in [-0.2, 0) is 30.5 Å². The van der Waals surface area contributed by atoms with Crippen molar-refractivity contribution in [2.24, 2.45) is 5.92 Å². The molecule has 2 atom stereocenters. The molecular formula is C37H39NO6S. The molecule has 234 valence electrons. The van der Waals surface area contributed by atoms with Crippen molar-refractivity contribution < 1.29 is 29.0 Å². The van der Waals surface area contributed by atoms with Crippen molar-refractivity contribution in [1.82, 2.24) is 5.32 Å². The normalized spacial score (nSPS) is 12.5. The molecule has 2 N–H and O–H groups in total. The maximum absolute atomic E-state index is 13.6. The van der Waals surface area contributed by atoms with Gasteiger partial charge in [-0.05, 0) is 47.7 Å². The lowest BCUT2D eigenvalue weighted by molar-refractivity contribution is -0.148. The van der Waals surface area contributed by atoms with Crippen LogP contribution >= 0.6 is 11.8 Å². The van der Waals surface area contributed by atoms with Gasteiger partial charge in [0, 0.05) is 12.2 Å². The Bertz CT molecular complexity index is 1420. The van der Waals surface area contributed by atoms with E-state index >= 15 is 0 Å². The van der Waals surface area contributed by atoms with Gasteiger partial charge in [0.05, 0.1) is 17.3 Å². The summed E-state index contributed by atoms with van der Waals surface area (Å²) in [6.07, 6.45) is 0.131. The highest BCUT2D eigenvalue weighted by Crippen LogP contribution is 2.48. The highest BCUT2D eigenvalue weighted by molar-refractivity contribution is 8.00. The SMILES string of the molecule is CCOc1ccc(COC(=O)[C@H](CSC(c2ccccc2)(c2ccccc2)c2ccccc2)NC(=O)CC[C@H](C)C(=O)O)cc1. The van der Waals surface area contributed by atoms with Crippen LogP contribution < -0.4 is 10.1 Å². The summed E-state index contributed by atoms with van der Waals surface area (Å²) in [5.74, 6) is -1.71. The molecule has 0 aromatic heterocycles. The molecule has 0 bridgehead atoms. The van der Waals surface area contributed by atoms with E-state index in [9.17, 15) is 19.5 Å². The van der Waals surface area contributed by atoms with Crippen LogP contribution in [0.15, 0.2) is 115 Å². The first-order chi connectivity index (χ1) is 21.8. The number of thioether (sulfide) groups is 1. The van der Waals surface area contributed by atoms with Crippen molar-refractivity contribution in [2.75, 3.05) is 12.4 Å². The lowest BCUT2D eigenvalue weighted by Gasteiger charge is -2.36. The monoisotopic (exact) mass is 625 g/mol. The van der Waals surface area contributed by atoms with Gasteiger partial charge < -0.3 is 19.9 Å². The summed E-state index contributed by atoms with van der Waals surface area (Å²) in [5, 5.41) is 12.1. The summed E-state index contributed by atoms with van der Waals surface area (Å²) in [4.78, 5) is 38.0. The molecule has 0 spiro atoms. The lowest BCUT2D eigenvalue weighted by atomic mass is 9.84. The minimum absolute atomic E-state index is 0.0258. The Balaban J connectivity index is 1.63. The second-order valence-electron chi connectivity index (χ2n) is 10.7. The third-order valence-electron chi connectivity index (χ3n) is 7.47. The molecule has 0 aliphatic rings. The van der Waals surface area contributed by atoms with Crippen molar-refractivity contribution in [3.05, 3.63) is 138 Å². The zero-order valence-electron chi connectivity index (χ0n) is 25.6. The number of amides is 1. The molecule has 0 saturated heterocycles. The Labute approximate surface area is 269 Å². The lowest BCUT2D eigenvalue weighted by Crippen LogP contribution is -2.44. The molecule has 45 heavy (non-hydrogen) atoms. The van der Waals surface area contributed by atoms with Gasteiger partial charge in [0.25, 0.3) is 0 Å². The molecule has 4 aromatic rings. The van der Waals surface area contributed by atoms with Crippen LogP contribution in [0, 0.1) is 5.92 Å². The number of rotatable bonds is 16. The number of benzene rings is 4. The van der Waals surface area contributed by atoms with Gasteiger partial charge in [0.2, 0.25) is 5.91 Å². The van der Waals surface area contributed by atoms with E-state index in [-0.39, 0.29) is 25.2 Å². The molecule has 4 aromatic carbocycles. The van der Waals surface area contributed by atoms with Gasteiger partial charge in [-0.25, -0.2) is 4.79 Å². The standard InChI is InChI=1S/C37H39NO6S/c1-3-43-32-22-20-28(21-23-32)25-44-36(42)33(38-34(39)24-19-27(2)35(40)41)26-45-37(29-13-7-4-8-14-29,30-15-9-5-10-16-30)31-17-11-6-12-18-31/h4-18,20-23,27,33H,3,19,24-26H2,1-2H3,(H,38,39)(H,40,41)/t27-,33-/m0/s1. The van der Waals surface area contributed by atoms with Crippen molar-refractivity contribution in [2.45, 2.75) is 44.1 Å². The second kappa shape index (κ2) is 16.5. The summed E-state index contributed by atoms with van der Waals surface area (Å²) < 4.78 is 10.5. The molecule has 1 amide bonds. The number of carboxylic acids is 1. The Morgan fingerprint density at radius 1 is 0.800 bits per heavy atom. The van der Waals surface area contributed by atoms with Crippen LogP contribution in [0.3, 0.4) is 0 Å². The van der Waals surface area contributed by atoms with Crippen molar-refractivity contribution in [1.29, 1.82) is 0 Å². The van der Waals surface area contributed by atoms with E-state index in [2.05, 4.69) is 41.7 Å². The molecule has 0 unspecified atom stereocenters. The predicted octanol–water partition coefficient (Wildman–Crippen LogP) is 6.84. The number of hydrogen-bond donors (Lipinski definition) is 2. The minimum atomic E-state index is -0.985. The quantitative estimate of drug-likeness (QED) is 0.104. The Kier molecular flexibility index (Phi) is 12.2. The van der Waals surface area contributed by atoms with Crippen molar-refractivity contribution >= 4 is 29.6 Å². The average molecular weight is 626 g/mol. The number of esters is 1. The molecule has 0 aliphatic heterocycles. The molecule has 4 rings (SSSR count). The smallest absolute Gasteiger partial charge is 0.329 e. The molecule has 0 fully saturated rings. The molecule has 8 heteroatoms. The van der Waals surface area contributed by atoms with E-state index in [1.54, 1.807) is 6.92 Å². The number of carbonyl (C=O) groups excluding carboxylic acids is 2. The summed E-state index contributed by atoms with van der Waals surface area (Å²) in [6.45, 7) is 4.04. The fraction of sp³-hybridized carbons (Fsp3) is 0.270. The maximum atomic E-state index is 13.6. The molecule has 0 heterocycles. The zero-order valence-corrected chi connectivity index (χ0v) is 26.4. The predicted molar refractivity (Wildman–Crippen MR) is 177 cm³/mol. The first kappa shape index (κ1) is 33.3. The topological polar surface area (TPSA) is 102 Å².